The Bertz CT molecular complexity index is 900. The molecule has 1 heterocycles. The molecule has 0 aromatic heterocycles. The number of amides is 2. The third-order valence-corrected chi connectivity index (χ3v) is 3.84. The molecule has 0 radical (unpaired) electrons. The fraction of sp³-hybridized carbons (Fsp3) is 0.250. The molecule has 0 unspecified atom stereocenters. The summed E-state index contributed by atoms with van der Waals surface area (Å²) >= 11 is 0. The lowest BCUT2D eigenvalue weighted by molar-refractivity contribution is -0.151. The molecular formula is C20H20N2O7. The third kappa shape index (κ3) is 5.86. The molecule has 1 atom stereocenters. The largest absolute Gasteiger partial charge is 0.485 e. The van der Waals surface area contributed by atoms with Crippen LogP contribution in [0.2, 0.25) is 0 Å². The van der Waals surface area contributed by atoms with Crippen molar-refractivity contribution in [2.75, 3.05) is 19.8 Å². The Hall–Kier alpha value is -3.75. The number of aryl methyl sites for hydroxylation is 1. The quantitative estimate of drug-likeness (QED) is 0.547. The Morgan fingerprint density at radius 1 is 1.03 bits per heavy atom. The summed E-state index contributed by atoms with van der Waals surface area (Å²) in [5.74, 6) is -0.516. The molecule has 9 nitrogen and oxygen atoms in total. The van der Waals surface area contributed by atoms with Crippen molar-refractivity contribution in [1.29, 1.82) is 0 Å². The first-order valence-electron chi connectivity index (χ1n) is 8.83. The van der Waals surface area contributed by atoms with Crippen LogP contribution in [0.3, 0.4) is 0 Å². The Morgan fingerprint density at radius 3 is 2.62 bits per heavy atom. The molecule has 0 bridgehead atoms. The Kier molecular flexibility index (Phi) is 6.51. The third-order valence-electron chi connectivity index (χ3n) is 3.84. The van der Waals surface area contributed by atoms with Crippen molar-refractivity contribution in [2.24, 2.45) is 0 Å². The molecule has 1 aliphatic heterocycles. The molecule has 3 rings (SSSR count). The molecule has 0 fully saturated rings. The lowest BCUT2D eigenvalue weighted by Gasteiger charge is -2.25. The van der Waals surface area contributed by atoms with Crippen LogP contribution < -0.4 is 25.1 Å². The van der Waals surface area contributed by atoms with E-state index in [9.17, 15) is 14.4 Å². The first-order valence-corrected chi connectivity index (χ1v) is 8.83. The number of hydrogen-bond donors (Lipinski definition) is 2. The summed E-state index contributed by atoms with van der Waals surface area (Å²) in [6.45, 7) is 0.994. The van der Waals surface area contributed by atoms with Crippen molar-refractivity contribution in [1.82, 2.24) is 10.9 Å². The van der Waals surface area contributed by atoms with E-state index in [1.807, 2.05) is 13.0 Å². The normalized spacial score (nSPS) is 14.4. The molecule has 1 aliphatic rings. The monoisotopic (exact) mass is 400 g/mol. The number of hydrogen-bond acceptors (Lipinski definition) is 7. The minimum absolute atomic E-state index is 0.00397. The average Bonchev–Trinajstić information content (AvgIpc) is 2.74. The maximum Gasteiger partial charge on any atom is 0.344 e. The van der Waals surface area contributed by atoms with Crippen molar-refractivity contribution in [3.63, 3.8) is 0 Å². The van der Waals surface area contributed by atoms with E-state index >= 15 is 0 Å². The van der Waals surface area contributed by atoms with Gasteiger partial charge in [-0.3, -0.25) is 20.4 Å². The summed E-state index contributed by atoms with van der Waals surface area (Å²) in [5, 5.41) is 0. The zero-order valence-corrected chi connectivity index (χ0v) is 15.7. The standard InChI is InChI=1S/C20H20N2O7/c1-13-5-4-6-14(9-13)26-12-19(24)28-11-18(23)21-22-20(25)17-10-27-15-7-2-3-8-16(15)29-17/h2-9,17H,10-12H2,1H3,(H,21,23)(H,22,25)/t17-/m0/s1. The summed E-state index contributed by atoms with van der Waals surface area (Å²) in [4.78, 5) is 35.5. The number of carbonyl (C=O) groups is 3. The van der Waals surface area contributed by atoms with Gasteiger partial charge in [-0.2, -0.15) is 0 Å². The average molecular weight is 400 g/mol. The van der Waals surface area contributed by atoms with Gasteiger partial charge in [0.2, 0.25) is 6.10 Å². The molecule has 2 N–H and O–H groups in total. The first kappa shape index (κ1) is 20.0. The number of benzene rings is 2. The topological polar surface area (TPSA) is 112 Å². The van der Waals surface area contributed by atoms with Crippen molar-refractivity contribution in [3.05, 3.63) is 54.1 Å². The number of nitrogens with one attached hydrogen (secondary N) is 2. The first-order chi connectivity index (χ1) is 14.0. The Labute approximate surface area is 166 Å². The van der Waals surface area contributed by atoms with Crippen LogP contribution in [0.1, 0.15) is 5.56 Å². The van der Waals surface area contributed by atoms with Gasteiger partial charge in [0.05, 0.1) is 0 Å². The second-order valence-corrected chi connectivity index (χ2v) is 6.17. The molecule has 152 valence electrons. The van der Waals surface area contributed by atoms with Gasteiger partial charge in [-0.05, 0) is 36.8 Å². The molecule has 9 heteroatoms. The van der Waals surface area contributed by atoms with Crippen LogP contribution >= 0.6 is 0 Å². The Morgan fingerprint density at radius 2 is 1.83 bits per heavy atom. The van der Waals surface area contributed by atoms with Gasteiger partial charge < -0.3 is 18.9 Å². The molecule has 2 amide bonds. The Balaban J connectivity index is 1.34. The molecular weight excluding hydrogens is 380 g/mol. The highest BCUT2D eigenvalue weighted by atomic mass is 16.6. The van der Waals surface area contributed by atoms with Crippen LogP contribution in [-0.4, -0.2) is 43.7 Å². The van der Waals surface area contributed by atoms with Crippen molar-refractivity contribution >= 4 is 17.8 Å². The van der Waals surface area contributed by atoms with Crippen molar-refractivity contribution in [2.45, 2.75) is 13.0 Å². The highest BCUT2D eigenvalue weighted by Gasteiger charge is 2.27. The number of carbonyl (C=O) groups excluding carboxylic acids is 3. The smallest absolute Gasteiger partial charge is 0.344 e. The van der Waals surface area contributed by atoms with Crippen LogP contribution in [0.15, 0.2) is 48.5 Å². The molecule has 2 aromatic carbocycles. The summed E-state index contributed by atoms with van der Waals surface area (Å²) in [6, 6.07) is 14.1. The lowest BCUT2D eigenvalue weighted by Crippen LogP contribution is -2.51. The number of ether oxygens (including phenoxy) is 4. The predicted octanol–water partition coefficient (Wildman–Crippen LogP) is 0.904. The van der Waals surface area contributed by atoms with E-state index in [1.165, 1.54) is 0 Å². The van der Waals surface area contributed by atoms with E-state index in [-0.39, 0.29) is 13.2 Å². The summed E-state index contributed by atoms with van der Waals surface area (Å²) in [6.07, 6.45) is -0.921. The second-order valence-electron chi connectivity index (χ2n) is 6.17. The molecule has 0 saturated heterocycles. The number of fused-ring (bicyclic) bond motifs is 1. The van der Waals surface area contributed by atoms with Gasteiger partial charge in [0.1, 0.15) is 12.4 Å². The van der Waals surface area contributed by atoms with E-state index in [0.717, 1.165) is 5.56 Å². The van der Waals surface area contributed by atoms with Gasteiger partial charge >= 0.3 is 5.97 Å². The van der Waals surface area contributed by atoms with E-state index in [2.05, 4.69) is 10.9 Å². The van der Waals surface area contributed by atoms with Crippen molar-refractivity contribution in [3.8, 4) is 17.2 Å². The number of rotatable bonds is 6. The van der Waals surface area contributed by atoms with Crippen LogP contribution in [0.4, 0.5) is 0 Å². The molecule has 29 heavy (non-hydrogen) atoms. The molecule has 0 saturated carbocycles. The zero-order chi connectivity index (χ0) is 20.6. The minimum atomic E-state index is -0.921. The van der Waals surface area contributed by atoms with E-state index in [1.54, 1.807) is 42.5 Å². The van der Waals surface area contributed by atoms with E-state index in [0.29, 0.717) is 17.2 Å². The van der Waals surface area contributed by atoms with Gasteiger partial charge in [-0.15, -0.1) is 0 Å². The van der Waals surface area contributed by atoms with Crippen LogP contribution in [0.25, 0.3) is 0 Å². The van der Waals surface area contributed by atoms with Gasteiger partial charge in [0, 0.05) is 0 Å². The zero-order valence-electron chi connectivity index (χ0n) is 15.7. The SMILES string of the molecule is Cc1cccc(OCC(=O)OCC(=O)NNC(=O)[C@@H]2COc3ccccc3O2)c1. The predicted molar refractivity (Wildman–Crippen MR) is 100 cm³/mol. The highest BCUT2D eigenvalue weighted by Crippen LogP contribution is 2.30. The molecule has 0 spiro atoms. The number of esters is 1. The van der Waals surface area contributed by atoms with Gasteiger partial charge in [-0.1, -0.05) is 24.3 Å². The molecule has 0 aliphatic carbocycles. The lowest BCUT2D eigenvalue weighted by atomic mass is 10.2. The van der Waals surface area contributed by atoms with E-state index in [4.69, 9.17) is 18.9 Å². The van der Waals surface area contributed by atoms with Crippen LogP contribution in [-0.2, 0) is 19.1 Å². The van der Waals surface area contributed by atoms with Crippen molar-refractivity contribution < 1.29 is 33.3 Å². The fourth-order valence-corrected chi connectivity index (χ4v) is 2.43. The summed E-state index contributed by atoms with van der Waals surface area (Å²) < 4.78 is 21.0. The van der Waals surface area contributed by atoms with Crippen LogP contribution in [0.5, 0.6) is 17.2 Å². The fourth-order valence-electron chi connectivity index (χ4n) is 2.43. The van der Waals surface area contributed by atoms with E-state index < -0.39 is 30.5 Å². The summed E-state index contributed by atoms with van der Waals surface area (Å²) in [7, 11) is 0. The summed E-state index contributed by atoms with van der Waals surface area (Å²) in [5.41, 5.74) is 5.34. The van der Waals surface area contributed by atoms with Gasteiger partial charge in [0.25, 0.3) is 11.8 Å². The maximum atomic E-state index is 12.1. The number of para-hydroxylation sites is 2. The van der Waals surface area contributed by atoms with Crippen LogP contribution in [0, 0.1) is 6.92 Å². The van der Waals surface area contributed by atoms with Gasteiger partial charge in [0.15, 0.2) is 24.7 Å². The number of hydrazine groups is 1. The second kappa shape index (κ2) is 9.45. The van der Waals surface area contributed by atoms with Gasteiger partial charge in [-0.25, -0.2) is 4.79 Å². The minimum Gasteiger partial charge on any atom is -0.485 e. The maximum absolute atomic E-state index is 12.1. The molecule has 2 aromatic rings. The highest BCUT2D eigenvalue weighted by molar-refractivity contribution is 5.86.